The van der Waals surface area contributed by atoms with Gasteiger partial charge in [-0.3, -0.25) is 9.59 Å². The van der Waals surface area contributed by atoms with Crippen molar-refractivity contribution in [3.05, 3.63) is 76.8 Å². The first kappa shape index (κ1) is 15.5. The monoisotopic (exact) mass is 327 g/mol. The van der Waals surface area contributed by atoms with Crippen molar-refractivity contribution in [2.45, 2.75) is 12.1 Å². The summed E-state index contributed by atoms with van der Waals surface area (Å²) >= 11 is 6.25. The topological polar surface area (TPSA) is 57.6 Å². The number of amides is 1. The summed E-state index contributed by atoms with van der Waals surface area (Å²) in [6, 6.07) is 14.2. The van der Waals surface area contributed by atoms with Gasteiger partial charge in [0, 0.05) is 11.1 Å². The van der Waals surface area contributed by atoms with Crippen LogP contribution in [0.15, 0.2) is 60.7 Å². The molecule has 0 saturated carbocycles. The fourth-order valence-electron chi connectivity index (χ4n) is 2.81. The first-order valence-corrected chi connectivity index (χ1v) is 7.39. The van der Waals surface area contributed by atoms with Gasteiger partial charge in [-0.05, 0) is 11.6 Å². The van der Waals surface area contributed by atoms with E-state index in [2.05, 4.69) is 6.58 Å². The molecular weight excluding hydrogens is 314 g/mol. The van der Waals surface area contributed by atoms with Crippen molar-refractivity contribution in [1.82, 2.24) is 0 Å². The number of benzene rings is 2. The highest BCUT2D eigenvalue weighted by Crippen LogP contribution is 2.47. The summed E-state index contributed by atoms with van der Waals surface area (Å²) in [7, 11) is 0. The molecule has 3 rings (SSSR count). The quantitative estimate of drug-likeness (QED) is 0.694. The van der Waals surface area contributed by atoms with Gasteiger partial charge in [0.05, 0.1) is 17.3 Å². The average molecular weight is 328 g/mol. The second-order valence-corrected chi connectivity index (χ2v) is 5.77. The summed E-state index contributed by atoms with van der Waals surface area (Å²) in [5.41, 5.74) is -0.706. The van der Waals surface area contributed by atoms with Gasteiger partial charge in [0.25, 0.3) is 5.91 Å². The van der Waals surface area contributed by atoms with Crippen LogP contribution in [-0.2, 0) is 21.7 Å². The Morgan fingerprint density at radius 1 is 1.22 bits per heavy atom. The molecule has 1 aliphatic heterocycles. The highest BCUT2D eigenvalue weighted by atomic mass is 35.5. The molecule has 0 radical (unpaired) electrons. The molecule has 23 heavy (non-hydrogen) atoms. The molecule has 0 spiro atoms. The summed E-state index contributed by atoms with van der Waals surface area (Å²) in [6.07, 6.45) is 0.397. The lowest BCUT2D eigenvalue weighted by Crippen LogP contribution is -2.41. The van der Waals surface area contributed by atoms with Gasteiger partial charge in [-0.2, -0.15) is 0 Å². The Hall–Kier alpha value is -2.43. The summed E-state index contributed by atoms with van der Waals surface area (Å²) in [6.45, 7) is 3.78. The summed E-state index contributed by atoms with van der Waals surface area (Å²) in [5.74, 6) is -0.624. The predicted octanol–water partition coefficient (Wildman–Crippen LogP) is 2.83. The number of anilines is 1. The van der Waals surface area contributed by atoms with Crippen LogP contribution >= 0.6 is 11.6 Å². The van der Waals surface area contributed by atoms with Crippen molar-refractivity contribution in [3.8, 4) is 0 Å². The van der Waals surface area contributed by atoms with Gasteiger partial charge in [-0.15, -0.1) is 0 Å². The molecule has 0 fully saturated rings. The normalized spacial score (nSPS) is 19.6. The van der Waals surface area contributed by atoms with Crippen LogP contribution in [0.25, 0.3) is 0 Å². The van der Waals surface area contributed by atoms with Crippen LogP contribution in [0.5, 0.6) is 0 Å². The lowest BCUT2D eigenvalue weighted by Gasteiger charge is -2.22. The van der Waals surface area contributed by atoms with Crippen molar-refractivity contribution >= 4 is 29.5 Å². The molecule has 1 atom stereocenters. The van der Waals surface area contributed by atoms with E-state index in [-0.39, 0.29) is 17.7 Å². The molecule has 1 heterocycles. The van der Waals surface area contributed by atoms with Crippen LogP contribution in [0.4, 0.5) is 5.69 Å². The number of hydrogen-bond donors (Lipinski definition) is 1. The number of rotatable bonds is 4. The molecule has 0 saturated heterocycles. The van der Waals surface area contributed by atoms with Gasteiger partial charge < -0.3 is 10.0 Å². The fraction of sp³-hybridized carbons (Fsp3) is 0.111. The van der Waals surface area contributed by atoms with E-state index in [0.29, 0.717) is 17.0 Å². The lowest BCUT2D eigenvalue weighted by molar-refractivity contribution is -0.134. The third kappa shape index (κ3) is 2.27. The first-order valence-electron chi connectivity index (χ1n) is 7.02. The van der Waals surface area contributed by atoms with Gasteiger partial charge >= 0.3 is 0 Å². The molecule has 2 aromatic carbocycles. The molecule has 0 aliphatic carbocycles. The maximum Gasteiger partial charge on any atom is 0.268 e. The molecule has 0 aromatic heterocycles. The molecule has 0 unspecified atom stereocenters. The molecule has 116 valence electrons. The van der Waals surface area contributed by atoms with Crippen LogP contribution in [0, 0.1) is 0 Å². The highest BCUT2D eigenvalue weighted by molar-refractivity contribution is 6.35. The van der Waals surface area contributed by atoms with E-state index in [4.69, 9.17) is 11.6 Å². The Morgan fingerprint density at radius 3 is 2.57 bits per heavy atom. The number of para-hydroxylation sites is 1. The van der Waals surface area contributed by atoms with Crippen molar-refractivity contribution in [3.63, 3.8) is 0 Å². The number of fused-ring (bicyclic) bond motifs is 1. The molecule has 4 nitrogen and oxygen atoms in total. The molecule has 1 amide bonds. The third-order valence-corrected chi connectivity index (χ3v) is 4.30. The number of carbonyl (C=O) groups is 2. The Bertz CT molecular complexity index is 803. The van der Waals surface area contributed by atoms with Crippen molar-refractivity contribution in [2.24, 2.45) is 0 Å². The molecule has 1 N–H and O–H groups in total. The van der Waals surface area contributed by atoms with E-state index in [0.717, 1.165) is 5.56 Å². The third-order valence-electron chi connectivity index (χ3n) is 3.99. The number of nitrogens with zero attached hydrogens (tertiary/aromatic N) is 1. The van der Waals surface area contributed by atoms with E-state index < -0.39 is 11.5 Å². The van der Waals surface area contributed by atoms with Crippen LogP contribution in [-0.4, -0.2) is 17.3 Å². The molecule has 2 aromatic rings. The van der Waals surface area contributed by atoms with E-state index in [1.807, 2.05) is 30.3 Å². The number of aliphatic hydroxyl groups is 1. The maximum atomic E-state index is 12.8. The van der Waals surface area contributed by atoms with E-state index in [9.17, 15) is 14.7 Å². The summed E-state index contributed by atoms with van der Waals surface area (Å²) in [4.78, 5) is 25.4. The Labute approximate surface area is 138 Å². The minimum absolute atomic E-state index is 0.207. The zero-order valence-electron chi connectivity index (χ0n) is 12.2. The average Bonchev–Trinajstić information content (AvgIpc) is 2.79. The largest absolute Gasteiger partial charge is 0.372 e. The number of halogens is 1. The second-order valence-electron chi connectivity index (χ2n) is 5.37. The van der Waals surface area contributed by atoms with E-state index in [1.54, 1.807) is 18.2 Å². The summed E-state index contributed by atoms with van der Waals surface area (Å²) < 4.78 is 0. The SMILES string of the molecule is C=C(C=O)[C@@]1(O)C(=O)N(Cc2ccccc2)c2c(Cl)cccc21. The molecular formula is C18H14ClNO3. The van der Waals surface area contributed by atoms with Gasteiger partial charge in [-0.1, -0.05) is 60.6 Å². The fourth-order valence-corrected chi connectivity index (χ4v) is 3.08. The Balaban J connectivity index is 2.15. The standard InChI is InChI=1S/C18H14ClNO3/c1-12(11-21)18(23)14-8-5-9-15(19)16(14)20(17(18)22)10-13-6-3-2-4-7-13/h2-9,11,23H,1,10H2/t18-/m0/s1. The summed E-state index contributed by atoms with van der Waals surface area (Å²) in [5, 5.41) is 11.2. The predicted molar refractivity (Wildman–Crippen MR) is 88.2 cm³/mol. The van der Waals surface area contributed by atoms with Crippen LogP contribution in [0.2, 0.25) is 5.02 Å². The molecule has 0 bridgehead atoms. The van der Waals surface area contributed by atoms with Crippen molar-refractivity contribution in [2.75, 3.05) is 4.90 Å². The maximum absolute atomic E-state index is 12.8. The number of hydrogen-bond acceptors (Lipinski definition) is 3. The van der Waals surface area contributed by atoms with Gasteiger partial charge in [0.2, 0.25) is 0 Å². The zero-order valence-corrected chi connectivity index (χ0v) is 13.0. The lowest BCUT2D eigenvalue weighted by atomic mass is 9.89. The highest BCUT2D eigenvalue weighted by Gasteiger charge is 2.52. The van der Waals surface area contributed by atoms with Crippen LogP contribution < -0.4 is 4.90 Å². The zero-order chi connectivity index (χ0) is 16.6. The van der Waals surface area contributed by atoms with E-state index in [1.165, 1.54) is 4.90 Å². The van der Waals surface area contributed by atoms with Crippen molar-refractivity contribution < 1.29 is 14.7 Å². The number of carbonyl (C=O) groups excluding carboxylic acids is 2. The van der Waals surface area contributed by atoms with Gasteiger partial charge in [0.15, 0.2) is 5.60 Å². The first-order chi connectivity index (χ1) is 11.0. The van der Waals surface area contributed by atoms with E-state index >= 15 is 0 Å². The van der Waals surface area contributed by atoms with Gasteiger partial charge in [-0.25, -0.2) is 0 Å². The minimum atomic E-state index is -2.07. The second kappa shape index (κ2) is 5.65. The van der Waals surface area contributed by atoms with Gasteiger partial charge in [0.1, 0.15) is 6.29 Å². The van der Waals surface area contributed by atoms with Crippen molar-refractivity contribution in [1.29, 1.82) is 0 Å². The Morgan fingerprint density at radius 2 is 1.91 bits per heavy atom. The minimum Gasteiger partial charge on any atom is -0.372 e. The van der Waals surface area contributed by atoms with Crippen LogP contribution in [0.1, 0.15) is 11.1 Å². The number of aldehydes is 1. The molecule has 5 heteroatoms. The Kier molecular flexibility index (Phi) is 3.80. The van der Waals surface area contributed by atoms with Crippen LogP contribution in [0.3, 0.4) is 0 Å². The smallest absolute Gasteiger partial charge is 0.268 e. The molecule has 1 aliphatic rings.